The van der Waals surface area contributed by atoms with E-state index in [1.165, 1.54) is 24.5 Å². The minimum absolute atomic E-state index is 0.0706. The Bertz CT molecular complexity index is 591. The largest absolute Gasteiger partial charge is 0.481 e. The molecule has 1 atom stereocenters. The van der Waals surface area contributed by atoms with Crippen LogP contribution in [-0.4, -0.2) is 28.5 Å². The van der Waals surface area contributed by atoms with Crippen molar-refractivity contribution in [1.82, 2.24) is 10.3 Å². The Morgan fingerprint density at radius 1 is 1.55 bits per heavy atom. The second-order valence-electron chi connectivity index (χ2n) is 4.34. The van der Waals surface area contributed by atoms with Crippen LogP contribution in [0.5, 0.6) is 0 Å². The Kier molecular flexibility index (Phi) is 4.52. The summed E-state index contributed by atoms with van der Waals surface area (Å²) in [4.78, 5) is 27.4. The number of amides is 1. The third-order valence-electron chi connectivity index (χ3n) is 2.65. The van der Waals surface area contributed by atoms with Crippen molar-refractivity contribution in [3.05, 3.63) is 29.5 Å². The summed E-state index contributed by atoms with van der Waals surface area (Å²) in [5.74, 6) is -1.34. The lowest BCUT2D eigenvalue weighted by Gasteiger charge is -2.07. The van der Waals surface area contributed by atoms with Crippen molar-refractivity contribution < 1.29 is 19.1 Å². The molecule has 2 aromatic heterocycles. The van der Waals surface area contributed by atoms with Crippen LogP contribution in [0, 0.1) is 5.92 Å². The summed E-state index contributed by atoms with van der Waals surface area (Å²) in [6, 6.07) is 3.78. The topological polar surface area (TPSA) is 92.4 Å². The Balaban J connectivity index is 1.87. The highest BCUT2D eigenvalue weighted by Crippen LogP contribution is 2.23. The molecule has 2 N–H and O–H groups in total. The predicted molar refractivity (Wildman–Crippen MR) is 73.3 cm³/mol. The number of carbonyl (C=O) groups is 2. The second-order valence-corrected chi connectivity index (χ2v) is 5.29. The number of aliphatic carboxylic acids is 1. The number of aromatic nitrogens is 1. The lowest BCUT2D eigenvalue weighted by Crippen LogP contribution is -2.32. The second kappa shape index (κ2) is 6.33. The van der Waals surface area contributed by atoms with E-state index in [1.54, 1.807) is 0 Å². The molecule has 2 aromatic rings. The number of nitrogens with zero attached hydrogens (tertiary/aromatic N) is 1. The standard InChI is InChI=1S/C13H14N2O4S/c1-8(13(17)18)6-14-11(16)5-9-7-19-12(15-9)10-3-2-4-20-10/h2-4,7-8H,5-6H2,1H3,(H,14,16)(H,17,18)/t8-/m0/s1. The molecule has 0 saturated carbocycles. The van der Waals surface area contributed by atoms with Gasteiger partial charge in [0.15, 0.2) is 0 Å². The van der Waals surface area contributed by atoms with Crippen molar-refractivity contribution in [2.75, 3.05) is 6.54 Å². The predicted octanol–water partition coefficient (Wildman–Crippen LogP) is 1.78. The van der Waals surface area contributed by atoms with Crippen LogP contribution in [0.4, 0.5) is 0 Å². The van der Waals surface area contributed by atoms with E-state index in [1.807, 2.05) is 17.5 Å². The van der Waals surface area contributed by atoms with Crippen molar-refractivity contribution in [3.8, 4) is 10.8 Å². The fraction of sp³-hybridized carbons (Fsp3) is 0.308. The Morgan fingerprint density at radius 3 is 3.00 bits per heavy atom. The quantitative estimate of drug-likeness (QED) is 0.847. The van der Waals surface area contributed by atoms with Crippen LogP contribution in [0.2, 0.25) is 0 Å². The van der Waals surface area contributed by atoms with Gasteiger partial charge in [0.25, 0.3) is 0 Å². The first-order valence-electron chi connectivity index (χ1n) is 6.04. The van der Waals surface area contributed by atoms with E-state index >= 15 is 0 Å². The van der Waals surface area contributed by atoms with Crippen LogP contribution < -0.4 is 5.32 Å². The van der Waals surface area contributed by atoms with E-state index in [2.05, 4.69) is 10.3 Å². The van der Waals surface area contributed by atoms with Crippen LogP contribution in [0.3, 0.4) is 0 Å². The third kappa shape index (κ3) is 3.67. The van der Waals surface area contributed by atoms with E-state index in [0.29, 0.717) is 11.6 Å². The fourth-order valence-corrected chi connectivity index (χ4v) is 2.14. The highest BCUT2D eigenvalue weighted by molar-refractivity contribution is 7.13. The first-order valence-corrected chi connectivity index (χ1v) is 6.92. The molecule has 6 nitrogen and oxygen atoms in total. The van der Waals surface area contributed by atoms with E-state index < -0.39 is 11.9 Å². The molecule has 0 fully saturated rings. The van der Waals surface area contributed by atoms with Gasteiger partial charge in [0.2, 0.25) is 11.8 Å². The summed E-state index contributed by atoms with van der Waals surface area (Å²) in [5.41, 5.74) is 0.522. The van der Waals surface area contributed by atoms with Gasteiger partial charge >= 0.3 is 5.97 Å². The van der Waals surface area contributed by atoms with Gasteiger partial charge in [0.1, 0.15) is 6.26 Å². The van der Waals surface area contributed by atoms with E-state index in [0.717, 1.165) is 4.88 Å². The summed E-state index contributed by atoms with van der Waals surface area (Å²) in [6.07, 6.45) is 1.51. The van der Waals surface area contributed by atoms with Gasteiger partial charge < -0.3 is 14.8 Å². The van der Waals surface area contributed by atoms with Crippen LogP contribution in [0.1, 0.15) is 12.6 Å². The highest BCUT2D eigenvalue weighted by atomic mass is 32.1. The fourth-order valence-electron chi connectivity index (χ4n) is 1.48. The zero-order chi connectivity index (χ0) is 14.5. The van der Waals surface area contributed by atoms with Crippen molar-refractivity contribution in [2.45, 2.75) is 13.3 Å². The summed E-state index contributed by atoms with van der Waals surface area (Å²) >= 11 is 1.50. The molecule has 0 aliphatic heterocycles. The average molecular weight is 294 g/mol. The lowest BCUT2D eigenvalue weighted by atomic mass is 10.2. The van der Waals surface area contributed by atoms with Gasteiger partial charge in [-0.1, -0.05) is 13.0 Å². The number of carboxylic acids is 1. The van der Waals surface area contributed by atoms with E-state index in [4.69, 9.17) is 9.52 Å². The molecule has 0 aliphatic rings. The van der Waals surface area contributed by atoms with Gasteiger partial charge in [-0.15, -0.1) is 11.3 Å². The number of carbonyl (C=O) groups excluding carboxylic acids is 1. The monoisotopic (exact) mass is 294 g/mol. The molecule has 2 rings (SSSR count). The molecule has 0 unspecified atom stereocenters. The van der Waals surface area contributed by atoms with Crippen molar-refractivity contribution in [2.24, 2.45) is 5.92 Å². The highest BCUT2D eigenvalue weighted by Gasteiger charge is 2.14. The molecule has 1 amide bonds. The average Bonchev–Trinajstić information content (AvgIpc) is 3.05. The van der Waals surface area contributed by atoms with Crippen molar-refractivity contribution in [3.63, 3.8) is 0 Å². The van der Waals surface area contributed by atoms with Gasteiger partial charge in [0.05, 0.1) is 22.9 Å². The van der Waals surface area contributed by atoms with Crippen LogP contribution in [-0.2, 0) is 16.0 Å². The number of hydrogen-bond acceptors (Lipinski definition) is 5. The minimum atomic E-state index is -0.938. The SMILES string of the molecule is C[C@@H](CNC(=O)Cc1coc(-c2cccs2)n1)C(=O)O. The Labute approximate surface area is 119 Å². The number of hydrogen-bond donors (Lipinski definition) is 2. The molecular weight excluding hydrogens is 280 g/mol. The first kappa shape index (κ1) is 14.3. The molecule has 0 spiro atoms. The van der Waals surface area contributed by atoms with Crippen LogP contribution in [0.25, 0.3) is 10.8 Å². The first-order chi connectivity index (χ1) is 9.56. The summed E-state index contributed by atoms with van der Waals surface area (Å²) < 4.78 is 5.30. The number of nitrogens with one attached hydrogen (secondary N) is 1. The Hall–Kier alpha value is -2.15. The van der Waals surface area contributed by atoms with Crippen LogP contribution in [0.15, 0.2) is 28.2 Å². The zero-order valence-corrected chi connectivity index (χ0v) is 11.6. The molecule has 2 heterocycles. The van der Waals surface area contributed by atoms with Gasteiger partial charge in [-0.05, 0) is 11.4 Å². The normalized spacial score (nSPS) is 12.1. The number of rotatable bonds is 6. The maximum absolute atomic E-state index is 11.7. The molecule has 0 bridgehead atoms. The maximum Gasteiger partial charge on any atom is 0.308 e. The van der Waals surface area contributed by atoms with Crippen molar-refractivity contribution in [1.29, 1.82) is 0 Å². The molecule has 106 valence electrons. The van der Waals surface area contributed by atoms with Gasteiger partial charge in [-0.2, -0.15) is 0 Å². The van der Waals surface area contributed by atoms with Crippen LogP contribution >= 0.6 is 11.3 Å². The molecular formula is C13H14N2O4S. The molecule has 7 heteroatoms. The molecule has 20 heavy (non-hydrogen) atoms. The molecule has 0 aromatic carbocycles. The van der Waals surface area contributed by atoms with Gasteiger partial charge in [-0.25, -0.2) is 4.98 Å². The number of thiophene rings is 1. The Morgan fingerprint density at radius 2 is 2.35 bits per heavy atom. The summed E-state index contributed by atoms with van der Waals surface area (Å²) in [6.45, 7) is 1.64. The van der Waals surface area contributed by atoms with E-state index in [9.17, 15) is 9.59 Å². The van der Waals surface area contributed by atoms with Gasteiger partial charge in [0, 0.05) is 6.54 Å². The number of carboxylic acid groups (broad SMARTS) is 1. The summed E-state index contributed by atoms with van der Waals surface area (Å²) in [5, 5.41) is 13.2. The molecule has 0 aliphatic carbocycles. The summed E-state index contributed by atoms with van der Waals surface area (Å²) in [7, 11) is 0. The smallest absolute Gasteiger partial charge is 0.308 e. The maximum atomic E-state index is 11.7. The van der Waals surface area contributed by atoms with Crippen molar-refractivity contribution >= 4 is 23.2 Å². The lowest BCUT2D eigenvalue weighted by molar-refractivity contribution is -0.141. The number of oxazole rings is 1. The molecule has 0 saturated heterocycles. The zero-order valence-electron chi connectivity index (χ0n) is 10.8. The van der Waals surface area contributed by atoms with E-state index in [-0.39, 0.29) is 18.9 Å². The van der Waals surface area contributed by atoms with Gasteiger partial charge in [-0.3, -0.25) is 9.59 Å². The molecule has 0 radical (unpaired) electrons. The minimum Gasteiger partial charge on any atom is -0.481 e. The third-order valence-corrected chi connectivity index (χ3v) is 3.51.